The van der Waals surface area contributed by atoms with Crippen molar-refractivity contribution in [2.24, 2.45) is 4.99 Å². The molecule has 0 radical (unpaired) electrons. The topological polar surface area (TPSA) is 24.4 Å². The van der Waals surface area contributed by atoms with Crippen molar-refractivity contribution in [3.63, 3.8) is 0 Å². The number of allylic oxidation sites excluding steroid dienone is 1. The predicted octanol–water partition coefficient (Wildman–Crippen LogP) is 7.07. The summed E-state index contributed by atoms with van der Waals surface area (Å²) in [5, 5.41) is 3.46. The van der Waals surface area contributed by atoms with E-state index in [-0.39, 0.29) is 0 Å². The normalized spacial score (nSPS) is 11.7. The quantitative estimate of drug-likeness (QED) is 0.409. The first-order valence-electron chi connectivity index (χ1n) is 7.79. The van der Waals surface area contributed by atoms with Gasteiger partial charge in [0.05, 0.1) is 5.69 Å². The number of aliphatic imine (C=N–C) groups is 1. The lowest BCUT2D eigenvalue weighted by molar-refractivity contribution is 1.51. The largest absolute Gasteiger partial charge is 0.355 e. The van der Waals surface area contributed by atoms with E-state index in [1.165, 1.54) is 0 Å². The number of halogens is 2. The molecule has 0 spiro atoms. The summed E-state index contributed by atoms with van der Waals surface area (Å²) in [5.41, 5.74) is 4.03. The monoisotopic (exact) mass is 454 g/mol. The Balaban J connectivity index is 1.85. The lowest BCUT2D eigenvalue weighted by Gasteiger charge is -2.11. The van der Waals surface area contributed by atoms with Gasteiger partial charge in [-0.25, -0.2) is 0 Å². The molecule has 2 nitrogen and oxygen atoms in total. The Labute approximate surface area is 164 Å². The van der Waals surface area contributed by atoms with Crippen molar-refractivity contribution in [2.45, 2.75) is 0 Å². The van der Waals surface area contributed by atoms with Gasteiger partial charge < -0.3 is 5.32 Å². The van der Waals surface area contributed by atoms with Crippen molar-refractivity contribution < 1.29 is 0 Å². The van der Waals surface area contributed by atoms with E-state index < -0.39 is 0 Å². The SMILES string of the molecule is Brc1ccc(N=CC=C(Nc2ccc(Br)cc2)c2ccccc2)cc1. The summed E-state index contributed by atoms with van der Waals surface area (Å²) in [5.74, 6) is 0. The molecule has 25 heavy (non-hydrogen) atoms. The highest BCUT2D eigenvalue weighted by Gasteiger charge is 2.01. The first-order chi connectivity index (χ1) is 12.2. The zero-order valence-electron chi connectivity index (χ0n) is 13.4. The third kappa shape index (κ3) is 5.41. The fraction of sp³-hybridized carbons (Fsp3) is 0. The summed E-state index contributed by atoms with van der Waals surface area (Å²) in [6.45, 7) is 0. The van der Waals surface area contributed by atoms with Crippen LogP contribution in [0.1, 0.15) is 5.56 Å². The molecule has 3 aromatic carbocycles. The molecule has 0 fully saturated rings. The van der Waals surface area contributed by atoms with E-state index in [4.69, 9.17) is 0 Å². The molecule has 0 saturated carbocycles. The van der Waals surface area contributed by atoms with Crippen LogP contribution in [0.4, 0.5) is 11.4 Å². The Bertz CT molecular complexity index is 868. The molecule has 0 heterocycles. The summed E-state index contributed by atoms with van der Waals surface area (Å²) >= 11 is 6.89. The van der Waals surface area contributed by atoms with Gasteiger partial charge >= 0.3 is 0 Å². The maximum absolute atomic E-state index is 4.50. The Kier molecular flexibility index (Phi) is 6.20. The second-order valence-electron chi connectivity index (χ2n) is 5.33. The van der Waals surface area contributed by atoms with Gasteiger partial charge in [0.2, 0.25) is 0 Å². The summed E-state index contributed by atoms with van der Waals surface area (Å²) in [7, 11) is 0. The highest BCUT2D eigenvalue weighted by atomic mass is 79.9. The van der Waals surface area contributed by atoms with Crippen molar-refractivity contribution in [1.29, 1.82) is 0 Å². The number of nitrogens with one attached hydrogen (secondary N) is 1. The van der Waals surface area contributed by atoms with Gasteiger partial charge in [0, 0.05) is 26.5 Å². The Morgan fingerprint density at radius 3 is 2.00 bits per heavy atom. The van der Waals surface area contributed by atoms with Crippen molar-refractivity contribution in [2.75, 3.05) is 5.32 Å². The molecular formula is C21H16Br2N2. The lowest BCUT2D eigenvalue weighted by Crippen LogP contribution is -1.99. The maximum Gasteiger partial charge on any atom is 0.0630 e. The van der Waals surface area contributed by atoms with Gasteiger partial charge in [0.15, 0.2) is 0 Å². The van der Waals surface area contributed by atoms with Gasteiger partial charge in [0.25, 0.3) is 0 Å². The molecule has 0 bridgehead atoms. The van der Waals surface area contributed by atoms with E-state index in [9.17, 15) is 0 Å². The zero-order valence-corrected chi connectivity index (χ0v) is 16.5. The average Bonchev–Trinajstić information content (AvgIpc) is 2.65. The van der Waals surface area contributed by atoms with E-state index in [0.29, 0.717) is 0 Å². The summed E-state index contributed by atoms with van der Waals surface area (Å²) < 4.78 is 2.10. The van der Waals surface area contributed by atoms with Crippen molar-refractivity contribution in [3.05, 3.63) is 99.4 Å². The molecule has 4 heteroatoms. The van der Waals surface area contributed by atoms with Crippen LogP contribution in [-0.4, -0.2) is 6.21 Å². The Morgan fingerprint density at radius 1 is 0.760 bits per heavy atom. The van der Waals surface area contributed by atoms with E-state index in [1.807, 2.05) is 79.0 Å². The van der Waals surface area contributed by atoms with Gasteiger partial charge in [-0.15, -0.1) is 0 Å². The zero-order chi connectivity index (χ0) is 17.5. The standard InChI is InChI=1S/C21H16Br2N2/c22-17-6-10-19(11-7-17)24-15-14-21(16-4-2-1-3-5-16)25-20-12-8-18(23)9-13-20/h1-15,25H. The number of rotatable bonds is 5. The minimum absolute atomic E-state index is 0.913. The fourth-order valence-electron chi connectivity index (χ4n) is 2.24. The third-order valence-corrected chi connectivity index (χ3v) is 4.56. The number of benzene rings is 3. The second-order valence-corrected chi connectivity index (χ2v) is 7.16. The van der Waals surface area contributed by atoms with Crippen LogP contribution in [0.5, 0.6) is 0 Å². The second kappa shape index (κ2) is 8.79. The molecule has 0 unspecified atom stereocenters. The van der Waals surface area contributed by atoms with Crippen LogP contribution < -0.4 is 5.32 Å². The van der Waals surface area contributed by atoms with Crippen LogP contribution in [0.15, 0.2) is 98.9 Å². The molecule has 0 aliphatic rings. The van der Waals surface area contributed by atoms with E-state index in [0.717, 1.165) is 31.6 Å². The van der Waals surface area contributed by atoms with Gasteiger partial charge in [-0.2, -0.15) is 0 Å². The smallest absolute Gasteiger partial charge is 0.0630 e. The van der Waals surface area contributed by atoms with E-state index >= 15 is 0 Å². The van der Waals surface area contributed by atoms with Crippen LogP contribution in [0.25, 0.3) is 5.70 Å². The van der Waals surface area contributed by atoms with Crippen molar-refractivity contribution in [1.82, 2.24) is 0 Å². The van der Waals surface area contributed by atoms with E-state index in [1.54, 1.807) is 0 Å². The molecule has 0 amide bonds. The van der Waals surface area contributed by atoms with Crippen LogP contribution in [0, 0.1) is 0 Å². The van der Waals surface area contributed by atoms with Crippen LogP contribution >= 0.6 is 31.9 Å². The van der Waals surface area contributed by atoms with Crippen LogP contribution in [-0.2, 0) is 0 Å². The van der Waals surface area contributed by atoms with Gasteiger partial charge in [-0.3, -0.25) is 4.99 Å². The highest BCUT2D eigenvalue weighted by molar-refractivity contribution is 9.10. The minimum atomic E-state index is 0.913. The van der Waals surface area contributed by atoms with Gasteiger partial charge in [0.1, 0.15) is 0 Å². The van der Waals surface area contributed by atoms with Crippen LogP contribution in [0.3, 0.4) is 0 Å². The maximum atomic E-state index is 4.50. The summed E-state index contributed by atoms with van der Waals surface area (Å²) in [6, 6.07) is 26.2. The summed E-state index contributed by atoms with van der Waals surface area (Å²) in [4.78, 5) is 4.50. The van der Waals surface area contributed by atoms with Crippen molar-refractivity contribution in [3.8, 4) is 0 Å². The number of anilines is 1. The molecule has 0 atom stereocenters. The van der Waals surface area contributed by atoms with Gasteiger partial charge in [-0.05, 0) is 60.2 Å². The third-order valence-electron chi connectivity index (χ3n) is 3.50. The molecular weight excluding hydrogens is 440 g/mol. The lowest BCUT2D eigenvalue weighted by atomic mass is 10.1. The predicted molar refractivity (Wildman–Crippen MR) is 114 cm³/mol. The van der Waals surface area contributed by atoms with E-state index in [2.05, 4.69) is 54.3 Å². The summed E-state index contributed by atoms with van der Waals surface area (Å²) in [6.07, 6.45) is 3.80. The molecule has 3 rings (SSSR count). The fourth-order valence-corrected chi connectivity index (χ4v) is 2.77. The number of hydrogen-bond acceptors (Lipinski definition) is 2. The molecule has 0 aliphatic heterocycles. The van der Waals surface area contributed by atoms with Crippen molar-refractivity contribution >= 4 is 55.1 Å². The minimum Gasteiger partial charge on any atom is -0.355 e. The first kappa shape index (κ1) is 17.6. The average molecular weight is 456 g/mol. The Morgan fingerprint density at radius 2 is 1.36 bits per heavy atom. The molecule has 0 saturated heterocycles. The molecule has 3 aromatic rings. The molecule has 0 aromatic heterocycles. The highest BCUT2D eigenvalue weighted by Crippen LogP contribution is 2.21. The molecule has 1 N–H and O–H groups in total. The first-order valence-corrected chi connectivity index (χ1v) is 9.37. The molecule has 0 aliphatic carbocycles. The van der Waals surface area contributed by atoms with Gasteiger partial charge in [-0.1, -0.05) is 62.2 Å². The Hall–Kier alpha value is -2.17. The molecule has 124 valence electrons. The number of nitrogens with zero attached hydrogens (tertiary/aromatic N) is 1. The van der Waals surface area contributed by atoms with Crippen LogP contribution in [0.2, 0.25) is 0 Å². The number of hydrogen-bond donors (Lipinski definition) is 1.